The van der Waals surface area contributed by atoms with Gasteiger partial charge < -0.3 is 20.1 Å². The van der Waals surface area contributed by atoms with Crippen molar-refractivity contribution in [2.24, 2.45) is 17.3 Å². The number of hydrogen-bond donors (Lipinski definition) is 3. The SMILES string of the molecule is CCOCC(C)(C)[C@@H](O)/C=C/[C@H]1[C@H](C/C=C\CCCC(=O)O)C(=O)C[C@@H]1O. The Morgan fingerprint density at radius 1 is 1.37 bits per heavy atom. The maximum Gasteiger partial charge on any atom is 0.303 e. The number of aliphatic hydroxyl groups excluding tert-OH is 2. The van der Waals surface area contributed by atoms with Crippen molar-refractivity contribution >= 4 is 11.8 Å². The van der Waals surface area contributed by atoms with Crippen molar-refractivity contribution < 1.29 is 29.6 Å². The summed E-state index contributed by atoms with van der Waals surface area (Å²) in [5.74, 6) is -1.42. The summed E-state index contributed by atoms with van der Waals surface area (Å²) in [5, 5.41) is 29.3. The van der Waals surface area contributed by atoms with Gasteiger partial charge in [0.15, 0.2) is 0 Å². The third-order valence-electron chi connectivity index (χ3n) is 5.05. The number of aliphatic hydroxyl groups is 2. The Morgan fingerprint density at radius 3 is 2.70 bits per heavy atom. The quantitative estimate of drug-likeness (QED) is 0.354. The molecule has 1 saturated carbocycles. The summed E-state index contributed by atoms with van der Waals surface area (Å²) >= 11 is 0. The first-order valence-corrected chi connectivity index (χ1v) is 9.70. The van der Waals surface area contributed by atoms with E-state index in [1.807, 2.05) is 32.9 Å². The highest BCUT2D eigenvalue weighted by atomic mass is 16.5. The summed E-state index contributed by atoms with van der Waals surface area (Å²) in [7, 11) is 0. The molecule has 0 spiro atoms. The fourth-order valence-corrected chi connectivity index (χ4v) is 3.20. The first kappa shape index (κ1) is 23.5. The zero-order chi connectivity index (χ0) is 20.4. The number of aliphatic carboxylic acids is 1. The summed E-state index contributed by atoms with van der Waals surface area (Å²) in [6.45, 7) is 6.72. The van der Waals surface area contributed by atoms with E-state index in [4.69, 9.17) is 9.84 Å². The Bertz CT molecular complexity index is 537. The van der Waals surface area contributed by atoms with Crippen LogP contribution in [0.25, 0.3) is 0 Å². The average molecular weight is 382 g/mol. The molecule has 1 fully saturated rings. The van der Waals surface area contributed by atoms with E-state index >= 15 is 0 Å². The van der Waals surface area contributed by atoms with Crippen LogP contribution in [0.15, 0.2) is 24.3 Å². The van der Waals surface area contributed by atoms with E-state index in [1.165, 1.54) is 0 Å². The molecule has 6 nitrogen and oxygen atoms in total. The number of carboxylic acid groups (broad SMARTS) is 1. The van der Waals surface area contributed by atoms with Crippen molar-refractivity contribution in [1.29, 1.82) is 0 Å². The van der Waals surface area contributed by atoms with Crippen LogP contribution in [0.5, 0.6) is 0 Å². The number of carbonyl (C=O) groups excluding carboxylic acids is 1. The minimum absolute atomic E-state index is 0.0235. The van der Waals surface area contributed by atoms with Crippen LogP contribution in [0.1, 0.15) is 52.9 Å². The number of hydrogen-bond acceptors (Lipinski definition) is 5. The van der Waals surface area contributed by atoms with Crippen LogP contribution < -0.4 is 0 Å². The minimum Gasteiger partial charge on any atom is -0.481 e. The average Bonchev–Trinajstić information content (AvgIpc) is 2.86. The lowest BCUT2D eigenvalue weighted by atomic mass is 9.85. The van der Waals surface area contributed by atoms with Gasteiger partial charge >= 0.3 is 5.97 Å². The second-order valence-electron chi connectivity index (χ2n) is 7.87. The van der Waals surface area contributed by atoms with Crippen LogP contribution >= 0.6 is 0 Å². The first-order chi connectivity index (χ1) is 12.7. The fraction of sp³-hybridized carbons (Fsp3) is 0.714. The second kappa shape index (κ2) is 11.4. The highest BCUT2D eigenvalue weighted by molar-refractivity contribution is 5.84. The van der Waals surface area contributed by atoms with E-state index in [0.717, 1.165) is 0 Å². The monoisotopic (exact) mass is 382 g/mol. The van der Waals surface area contributed by atoms with Crippen LogP contribution in [0.4, 0.5) is 0 Å². The smallest absolute Gasteiger partial charge is 0.303 e. The van der Waals surface area contributed by atoms with Crippen molar-refractivity contribution in [3.63, 3.8) is 0 Å². The van der Waals surface area contributed by atoms with Crippen LogP contribution in [0, 0.1) is 17.3 Å². The molecule has 1 aliphatic rings. The van der Waals surface area contributed by atoms with Gasteiger partial charge in [0, 0.05) is 36.7 Å². The highest BCUT2D eigenvalue weighted by Crippen LogP contribution is 2.34. The molecule has 0 aromatic heterocycles. The maximum atomic E-state index is 12.2. The van der Waals surface area contributed by atoms with Crippen LogP contribution in [0.3, 0.4) is 0 Å². The standard InChI is InChI=1S/C21H34O6/c1-4-27-14-21(2,3)19(24)12-11-16-15(17(22)13-18(16)23)9-7-5-6-8-10-20(25)26/h5,7,11-12,15-16,18-19,23-24H,4,6,8-10,13-14H2,1-3H3,(H,25,26)/b7-5-,12-11+/t15-,16-,18-,19-/m0/s1. The first-order valence-electron chi connectivity index (χ1n) is 9.70. The van der Waals surface area contributed by atoms with Crippen LogP contribution in [-0.2, 0) is 14.3 Å². The van der Waals surface area contributed by atoms with Crippen LogP contribution in [-0.4, -0.2) is 52.5 Å². The molecule has 4 atom stereocenters. The summed E-state index contributed by atoms with van der Waals surface area (Å²) in [6.07, 6.45) is 7.72. The molecule has 0 amide bonds. The molecule has 0 saturated heterocycles. The minimum atomic E-state index is -0.812. The molecular weight excluding hydrogens is 348 g/mol. The summed E-state index contributed by atoms with van der Waals surface area (Å²) < 4.78 is 5.41. The Balaban J connectivity index is 2.63. The number of ketones is 1. The van der Waals surface area contributed by atoms with Crippen molar-refractivity contribution in [3.8, 4) is 0 Å². The highest BCUT2D eigenvalue weighted by Gasteiger charge is 2.39. The number of rotatable bonds is 12. The van der Waals surface area contributed by atoms with Gasteiger partial charge in [-0.25, -0.2) is 0 Å². The van der Waals surface area contributed by atoms with Gasteiger partial charge in [-0.1, -0.05) is 38.2 Å². The predicted molar refractivity (Wildman–Crippen MR) is 103 cm³/mol. The number of allylic oxidation sites excluding steroid dienone is 2. The molecule has 0 bridgehead atoms. The van der Waals surface area contributed by atoms with E-state index in [0.29, 0.717) is 32.5 Å². The molecule has 0 aromatic rings. The Morgan fingerprint density at radius 2 is 2.07 bits per heavy atom. The van der Waals surface area contributed by atoms with Gasteiger partial charge in [0.1, 0.15) is 5.78 Å². The lowest BCUT2D eigenvalue weighted by Crippen LogP contribution is -2.33. The van der Waals surface area contributed by atoms with Gasteiger partial charge in [-0.05, 0) is 26.2 Å². The lowest BCUT2D eigenvalue weighted by Gasteiger charge is -2.28. The Kier molecular flexibility index (Phi) is 9.91. The van der Waals surface area contributed by atoms with E-state index in [1.54, 1.807) is 12.2 Å². The lowest BCUT2D eigenvalue weighted by molar-refractivity contribution is -0.137. The zero-order valence-electron chi connectivity index (χ0n) is 16.6. The van der Waals surface area contributed by atoms with Gasteiger partial charge in [0.25, 0.3) is 0 Å². The third kappa shape index (κ3) is 7.95. The molecule has 27 heavy (non-hydrogen) atoms. The Labute approximate surface area is 161 Å². The molecule has 1 rings (SSSR count). The number of carbonyl (C=O) groups is 2. The molecule has 0 radical (unpaired) electrons. The zero-order valence-corrected chi connectivity index (χ0v) is 16.6. The second-order valence-corrected chi connectivity index (χ2v) is 7.87. The largest absolute Gasteiger partial charge is 0.481 e. The van der Waals surface area contributed by atoms with E-state index < -0.39 is 23.6 Å². The molecule has 0 aliphatic heterocycles. The third-order valence-corrected chi connectivity index (χ3v) is 5.05. The molecule has 1 aliphatic carbocycles. The normalized spacial score (nSPS) is 24.9. The fourth-order valence-electron chi connectivity index (χ4n) is 3.20. The van der Waals surface area contributed by atoms with Crippen molar-refractivity contribution in [3.05, 3.63) is 24.3 Å². The molecule has 0 heterocycles. The molecule has 154 valence electrons. The maximum absolute atomic E-state index is 12.2. The predicted octanol–water partition coefficient (Wildman–Crippen LogP) is 2.73. The molecular formula is C21H34O6. The topological polar surface area (TPSA) is 104 Å². The summed E-state index contributed by atoms with van der Waals surface area (Å²) in [6, 6.07) is 0. The molecule has 0 aromatic carbocycles. The summed E-state index contributed by atoms with van der Waals surface area (Å²) in [4.78, 5) is 22.7. The van der Waals surface area contributed by atoms with Gasteiger partial charge in [0.2, 0.25) is 0 Å². The summed E-state index contributed by atoms with van der Waals surface area (Å²) in [5.41, 5.74) is -0.459. The van der Waals surface area contributed by atoms with Gasteiger partial charge in [-0.15, -0.1) is 0 Å². The van der Waals surface area contributed by atoms with E-state index in [-0.39, 0.29) is 30.5 Å². The Hall–Kier alpha value is -1.50. The van der Waals surface area contributed by atoms with Crippen molar-refractivity contribution in [2.75, 3.05) is 13.2 Å². The van der Waals surface area contributed by atoms with Gasteiger partial charge in [-0.2, -0.15) is 0 Å². The number of ether oxygens (including phenoxy) is 1. The molecule has 3 N–H and O–H groups in total. The van der Waals surface area contributed by atoms with Gasteiger partial charge in [0.05, 0.1) is 18.8 Å². The number of unbranched alkanes of at least 4 members (excludes halogenated alkanes) is 1. The van der Waals surface area contributed by atoms with E-state index in [2.05, 4.69) is 0 Å². The van der Waals surface area contributed by atoms with Crippen LogP contribution in [0.2, 0.25) is 0 Å². The van der Waals surface area contributed by atoms with E-state index in [9.17, 15) is 19.8 Å². The van der Waals surface area contributed by atoms with Crippen molar-refractivity contribution in [1.82, 2.24) is 0 Å². The molecule has 0 unspecified atom stereocenters. The number of carboxylic acids is 1. The number of Topliss-reactive ketones (excluding diaryl/α,β-unsaturated/α-hetero) is 1. The molecule has 6 heteroatoms. The van der Waals surface area contributed by atoms with Gasteiger partial charge in [-0.3, -0.25) is 9.59 Å². The van der Waals surface area contributed by atoms with Crippen molar-refractivity contribution in [2.45, 2.75) is 65.1 Å².